The van der Waals surface area contributed by atoms with E-state index in [1.807, 2.05) is 42.5 Å². The molecule has 3 heterocycles. The second kappa shape index (κ2) is 9.88. The van der Waals surface area contributed by atoms with Gasteiger partial charge in [-0.2, -0.15) is 13.2 Å². The van der Waals surface area contributed by atoms with E-state index >= 15 is 0 Å². The SMILES string of the molecule is COc1ccc2cc(C(=O)Nc3ccc(C4CCN(C(=O)c5ncn(C)c5C(F)(F)F)CC4)cc3)[nH]c2c1. The number of imidazole rings is 1. The van der Waals surface area contributed by atoms with Crippen LogP contribution in [-0.2, 0) is 13.2 Å². The van der Waals surface area contributed by atoms with E-state index in [-0.39, 0.29) is 11.8 Å². The Morgan fingerprint density at radius 1 is 1.08 bits per heavy atom. The summed E-state index contributed by atoms with van der Waals surface area (Å²) in [5.74, 6) is -0.129. The third-order valence-electron chi connectivity index (χ3n) is 6.90. The van der Waals surface area contributed by atoms with Crippen molar-refractivity contribution in [3.63, 3.8) is 0 Å². The van der Waals surface area contributed by atoms with E-state index in [4.69, 9.17) is 4.74 Å². The van der Waals surface area contributed by atoms with Crippen molar-refractivity contribution in [2.75, 3.05) is 25.5 Å². The van der Waals surface area contributed by atoms with Crippen molar-refractivity contribution in [1.29, 1.82) is 0 Å². The molecule has 0 aliphatic carbocycles. The molecule has 0 radical (unpaired) electrons. The number of ether oxygens (including phenoxy) is 1. The molecule has 198 valence electrons. The molecule has 1 aliphatic rings. The molecule has 1 saturated heterocycles. The molecule has 11 heteroatoms. The van der Waals surface area contributed by atoms with Crippen LogP contribution in [-0.4, -0.2) is 51.4 Å². The lowest BCUT2D eigenvalue weighted by molar-refractivity contribution is -0.143. The molecule has 8 nitrogen and oxygen atoms in total. The predicted molar refractivity (Wildman–Crippen MR) is 135 cm³/mol. The van der Waals surface area contributed by atoms with Crippen LogP contribution < -0.4 is 10.1 Å². The number of hydrogen-bond donors (Lipinski definition) is 2. The Morgan fingerprint density at radius 2 is 1.79 bits per heavy atom. The average Bonchev–Trinajstić information content (AvgIpc) is 3.52. The molecule has 1 fully saturated rings. The normalized spacial score (nSPS) is 14.6. The first-order valence-corrected chi connectivity index (χ1v) is 12.1. The number of nitrogens with zero attached hydrogens (tertiary/aromatic N) is 3. The van der Waals surface area contributed by atoms with Gasteiger partial charge in [0, 0.05) is 42.8 Å². The Labute approximate surface area is 216 Å². The quantitative estimate of drug-likeness (QED) is 0.375. The van der Waals surface area contributed by atoms with E-state index in [2.05, 4.69) is 15.3 Å². The number of H-pyrrole nitrogens is 1. The Balaban J connectivity index is 1.20. The lowest BCUT2D eigenvalue weighted by Gasteiger charge is -2.32. The van der Waals surface area contributed by atoms with E-state index < -0.39 is 23.5 Å². The van der Waals surface area contributed by atoms with Crippen molar-refractivity contribution in [2.45, 2.75) is 24.9 Å². The molecular weight excluding hydrogens is 499 g/mol. The maximum Gasteiger partial charge on any atom is 0.433 e. The van der Waals surface area contributed by atoms with Crippen LogP contribution in [0.25, 0.3) is 10.9 Å². The largest absolute Gasteiger partial charge is 0.497 e. The molecule has 2 N–H and O–H groups in total. The number of carbonyl (C=O) groups excluding carboxylic acids is 2. The van der Waals surface area contributed by atoms with Crippen LogP contribution in [0.4, 0.5) is 18.9 Å². The number of nitrogens with one attached hydrogen (secondary N) is 2. The van der Waals surface area contributed by atoms with E-state index in [0.29, 0.717) is 43.1 Å². The molecule has 0 unspecified atom stereocenters. The number of piperidine rings is 1. The van der Waals surface area contributed by atoms with Gasteiger partial charge in [0.15, 0.2) is 11.4 Å². The maximum absolute atomic E-state index is 13.4. The third-order valence-corrected chi connectivity index (χ3v) is 6.90. The number of benzene rings is 2. The van der Waals surface area contributed by atoms with Gasteiger partial charge >= 0.3 is 6.18 Å². The highest BCUT2D eigenvalue weighted by atomic mass is 19.4. The highest BCUT2D eigenvalue weighted by Gasteiger charge is 2.41. The molecule has 2 amide bonds. The van der Waals surface area contributed by atoms with E-state index in [0.717, 1.165) is 27.4 Å². The van der Waals surface area contributed by atoms with Gasteiger partial charge in [0.2, 0.25) is 0 Å². The van der Waals surface area contributed by atoms with E-state index in [1.54, 1.807) is 13.2 Å². The van der Waals surface area contributed by atoms with Gasteiger partial charge in [0.25, 0.3) is 11.8 Å². The number of halogens is 3. The number of rotatable bonds is 5. The van der Waals surface area contributed by atoms with Crippen LogP contribution in [0.3, 0.4) is 0 Å². The maximum atomic E-state index is 13.4. The summed E-state index contributed by atoms with van der Waals surface area (Å²) in [4.78, 5) is 33.8. The van der Waals surface area contributed by atoms with Crippen LogP contribution >= 0.6 is 0 Å². The zero-order chi connectivity index (χ0) is 27.0. The summed E-state index contributed by atoms with van der Waals surface area (Å²) < 4.78 is 46.2. The van der Waals surface area contributed by atoms with Crippen molar-refractivity contribution in [2.24, 2.45) is 7.05 Å². The fourth-order valence-corrected chi connectivity index (χ4v) is 4.88. The number of aryl methyl sites for hydroxylation is 1. The standard InChI is InChI=1S/C27H26F3N5O3/c1-34-15-31-23(24(34)27(28,29)30)26(37)35-11-9-17(10-12-35)16-3-6-19(7-4-16)32-25(36)22-13-18-5-8-20(38-2)14-21(18)33-22/h3-8,13-15,17,33H,9-12H2,1-2H3,(H,32,36). The van der Waals surface area contributed by atoms with Crippen molar-refractivity contribution in [3.05, 3.63) is 77.5 Å². The van der Waals surface area contributed by atoms with E-state index in [1.165, 1.54) is 11.9 Å². The summed E-state index contributed by atoms with van der Waals surface area (Å²) in [6, 6.07) is 14.8. The van der Waals surface area contributed by atoms with Gasteiger partial charge in [-0.1, -0.05) is 12.1 Å². The van der Waals surface area contributed by atoms with Gasteiger partial charge in [-0.05, 0) is 54.7 Å². The molecule has 2 aromatic carbocycles. The summed E-state index contributed by atoms with van der Waals surface area (Å²) in [5, 5.41) is 3.78. The molecule has 0 spiro atoms. The molecule has 0 atom stereocenters. The number of alkyl halides is 3. The minimum Gasteiger partial charge on any atom is -0.497 e. The zero-order valence-electron chi connectivity index (χ0n) is 20.8. The zero-order valence-corrected chi connectivity index (χ0v) is 20.8. The Kier molecular flexibility index (Phi) is 6.60. The Bertz CT molecular complexity index is 1480. The third kappa shape index (κ3) is 4.96. The smallest absolute Gasteiger partial charge is 0.433 e. The van der Waals surface area contributed by atoms with Crippen LogP contribution in [0, 0.1) is 0 Å². The minimum absolute atomic E-state index is 0.151. The number of carbonyl (C=O) groups is 2. The lowest BCUT2D eigenvalue weighted by Crippen LogP contribution is -2.39. The fraction of sp³-hybridized carbons (Fsp3) is 0.296. The number of methoxy groups -OCH3 is 1. The first-order valence-electron chi connectivity index (χ1n) is 12.1. The highest BCUT2D eigenvalue weighted by molar-refractivity contribution is 6.06. The van der Waals surface area contributed by atoms with Crippen molar-refractivity contribution < 1.29 is 27.5 Å². The number of aromatic amines is 1. The summed E-state index contributed by atoms with van der Waals surface area (Å²) >= 11 is 0. The number of amides is 2. The number of hydrogen-bond acceptors (Lipinski definition) is 4. The number of aromatic nitrogens is 3. The number of anilines is 1. The topological polar surface area (TPSA) is 92.2 Å². The Morgan fingerprint density at radius 3 is 2.45 bits per heavy atom. The monoisotopic (exact) mass is 525 g/mol. The predicted octanol–water partition coefficient (Wildman–Crippen LogP) is 5.20. The summed E-state index contributed by atoms with van der Waals surface area (Å²) in [6.45, 7) is 0.669. The van der Waals surface area contributed by atoms with E-state index in [9.17, 15) is 22.8 Å². The van der Waals surface area contributed by atoms with Crippen molar-refractivity contribution in [3.8, 4) is 5.75 Å². The van der Waals surface area contributed by atoms with Gasteiger partial charge in [0.05, 0.1) is 13.4 Å². The van der Waals surface area contributed by atoms with Crippen LogP contribution in [0.5, 0.6) is 5.75 Å². The summed E-state index contributed by atoms with van der Waals surface area (Å²) in [6.07, 6.45) is -2.42. The molecule has 38 heavy (non-hydrogen) atoms. The molecule has 0 bridgehead atoms. The average molecular weight is 526 g/mol. The van der Waals surface area contributed by atoms with Gasteiger partial charge in [-0.25, -0.2) is 4.98 Å². The number of fused-ring (bicyclic) bond motifs is 1. The van der Waals surface area contributed by atoms with Gasteiger partial charge in [-0.15, -0.1) is 0 Å². The van der Waals surface area contributed by atoms with Crippen LogP contribution in [0.2, 0.25) is 0 Å². The second-order valence-electron chi connectivity index (χ2n) is 9.33. The summed E-state index contributed by atoms with van der Waals surface area (Å²) in [5.41, 5.74) is 1.31. The lowest BCUT2D eigenvalue weighted by atomic mass is 9.89. The molecule has 5 rings (SSSR count). The highest BCUT2D eigenvalue weighted by Crippen LogP contribution is 2.34. The van der Waals surface area contributed by atoms with Crippen LogP contribution in [0.15, 0.2) is 54.9 Å². The molecule has 0 saturated carbocycles. The van der Waals surface area contributed by atoms with Crippen LogP contribution in [0.1, 0.15) is 51.0 Å². The molecular formula is C27H26F3N5O3. The molecule has 1 aliphatic heterocycles. The van der Waals surface area contributed by atoms with Crippen molar-refractivity contribution in [1.82, 2.24) is 19.4 Å². The van der Waals surface area contributed by atoms with Crippen molar-refractivity contribution >= 4 is 28.4 Å². The first-order chi connectivity index (χ1) is 18.1. The van der Waals surface area contributed by atoms with Gasteiger partial charge in [0.1, 0.15) is 11.4 Å². The van der Waals surface area contributed by atoms with Gasteiger partial charge in [-0.3, -0.25) is 9.59 Å². The first kappa shape index (κ1) is 25.4. The molecule has 4 aromatic rings. The minimum atomic E-state index is -4.66. The number of likely N-dealkylation sites (tertiary alicyclic amines) is 1. The fourth-order valence-electron chi connectivity index (χ4n) is 4.88. The summed E-state index contributed by atoms with van der Waals surface area (Å²) in [7, 11) is 2.81. The second-order valence-corrected chi connectivity index (χ2v) is 9.33. The molecule has 2 aromatic heterocycles. The Hall–Kier alpha value is -4.28. The van der Waals surface area contributed by atoms with Gasteiger partial charge < -0.3 is 24.5 Å².